The summed E-state index contributed by atoms with van der Waals surface area (Å²) in [5.74, 6) is 0. The number of nitrogens with zero attached hydrogens (tertiary/aromatic N) is 1. The fourth-order valence-corrected chi connectivity index (χ4v) is 2.07. The molecule has 0 aromatic carbocycles. The van der Waals surface area contributed by atoms with Gasteiger partial charge in [0.1, 0.15) is 0 Å². The smallest absolute Gasteiger partial charge is 0.269 e. The van der Waals surface area contributed by atoms with Crippen LogP contribution in [0.25, 0.3) is 0 Å². The molecule has 2 atom stereocenters. The number of nitrogens with one attached hydrogen (secondary N) is 2. The van der Waals surface area contributed by atoms with Crippen LogP contribution in [0.4, 0.5) is 0 Å². The fraction of sp³-hybridized carbons (Fsp3) is 0.700. The number of nitrogens with two attached hydrogens (primary N) is 1. The minimum absolute atomic E-state index is 0.0284. The van der Waals surface area contributed by atoms with Gasteiger partial charge in [-0.25, -0.2) is 0 Å². The molecule has 1 aromatic rings. The molecule has 1 aliphatic heterocycles. The highest BCUT2D eigenvalue weighted by molar-refractivity contribution is 5.25. The average Bonchev–Trinajstić information content (AvgIpc) is 2.56. The van der Waals surface area contributed by atoms with Crippen molar-refractivity contribution in [3.05, 3.63) is 21.6 Å². The van der Waals surface area contributed by atoms with Crippen molar-refractivity contribution in [3.8, 4) is 0 Å². The van der Waals surface area contributed by atoms with E-state index < -0.39 is 0 Å². The summed E-state index contributed by atoms with van der Waals surface area (Å²) in [6.45, 7) is 5.61. The third kappa shape index (κ3) is 1.61. The molecule has 0 fully saturated rings. The quantitative estimate of drug-likeness (QED) is 0.655. The molecule has 15 heavy (non-hydrogen) atoms. The van der Waals surface area contributed by atoms with Crippen molar-refractivity contribution >= 4 is 0 Å². The van der Waals surface area contributed by atoms with Gasteiger partial charge in [-0.2, -0.15) is 0 Å². The first-order valence-electron chi connectivity index (χ1n) is 5.44. The van der Waals surface area contributed by atoms with Gasteiger partial charge >= 0.3 is 0 Å². The van der Waals surface area contributed by atoms with E-state index in [1.807, 2.05) is 4.68 Å². The summed E-state index contributed by atoms with van der Waals surface area (Å²) < 4.78 is 1.95. The van der Waals surface area contributed by atoms with Gasteiger partial charge in [0.25, 0.3) is 5.56 Å². The Bertz CT molecular complexity index is 406. The number of hydrogen-bond acceptors (Lipinski definition) is 3. The first kappa shape index (κ1) is 10.4. The molecule has 5 heteroatoms. The molecule has 0 bridgehead atoms. The largest absolute Gasteiger partial charge is 0.323 e. The molecule has 0 saturated heterocycles. The first-order valence-corrected chi connectivity index (χ1v) is 5.44. The first-order chi connectivity index (χ1) is 7.15. The van der Waals surface area contributed by atoms with Crippen molar-refractivity contribution in [1.29, 1.82) is 0 Å². The lowest BCUT2D eigenvalue weighted by Crippen LogP contribution is -2.35. The van der Waals surface area contributed by atoms with Crippen molar-refractivity contribution in [1.82, 2.24) is 15.1 Å². The Morgan fingerprint density at radius 3 is 3.07 bits per heavy atom. The lowest BCUT2D eigenvalue weighted by Gasteiger charge is -2.22. The number of hydrogen-bond donors (Lipinski definition) is 3. The van der Waals surface area contributed by atoms with Crippen molar-refractivity contribution in [2.45, 2.75) is 38.9 Å². The highest BCUT2D eigenvalue weighted by Crippen LogP contribution is 2.20. The molecule has 1 aliphatic rings. The molecule has 5 nitrogen and oxygen atoms in total. The van der Waals surface area contributed by atoms with Crippen LogP contribution in [0.5, 0.6) is 0 Å². The minimum atomic E-state index is -0.178. The summed E-state index contributed by atoms with van der Waals surface area (Å²) in [6.07, 6.45) is 0.992. The van der Waals surface area contributed by atoms with Gasteiger partial charge in [-0.15, -0.1) is 0 Å². The monoisotopic (exact) mass is 210 g/mol. The van der Waals surface area contributed by atoms with E-state index in [2.05, 4.69) is 24.3 Å². The molecule has 1 aromatic heterocycles. The SMILES string of the molecule is CCC(C)n1[nH]c(=O)c2c1CNCC2N. The van der Waals surface area contributed by atoms with E-state index in [-0.39, 0.29) is 11.6 Å². The maximum Gasteiger partial charge on any atom is 0.269 e. The van der Waals surface area contributed by atoms with Gasteiger partial charge in [-0.3, -0.25) is 14.6 Å². The van der Waals surface area contributed by atoms with Crippen LogP contribution in [-0.2, 0) is 6.54 Å². The van der Waals surface area contributed by atoms with Gasteiger partial charge in [0, 0.05) is 25.2 Å². The Morgan fingerprint density at radius 1 is 1.67 bits per heavy atom. The molecule has 4 N–H and O–H groups in total. The number of fused-ring (bicyclic) bond motifs is 1. The molecule has 84 valence electrons. The molecule has 0 spiro atoms. The van der Waals surface area contributed by atoms with Gasteiger partial charge in [0.05, 0.1) is 11.3 Å². The zero-order chi connectivity index (χ0) is 11.0. The van der Waals surface area contributed by atoms with Crippen LogP contribution in [0.1, 0.15) is 43.6 Å². The van der Waals surface area contributed by atoms with Crippen LogP contribution < -0.4 is 16.6 Å². The lowest BCUT2D eigenvalue weighted by molar-refractivity contribution is 0.436. The number of H-pyrrole nitrogens is 1. The van der Waals surface area contributed by atoms with Crippen LogP contribution in [0.2, 0.25) is 0 Å². The van der Waals surface area contributed by atoms with Gasteiger partial charge in [0.15, 0.2) is 0 Å². The van der Waals surface area contributed by atoms with Crippen LogP contribution in [0, 0.1) is 0 Å². The van der Waals surface area contributed by atoms with E-state index in [1.54, 1.807) is 0 Å². The van der Waals surface area contributed by atoms with E-state index in [4.69, 9.17) is 5.73 Å². The normalized spacial score (nSPS) is 22.5. The van der Waals surface area contributed by atoms with Crippen LogP contribution in [0.15, 0.2) is 4.79 Å². The van der Waals surface area contributed by atoms with E-state index >= 15 is 0 Å². The van der Waals surface area contributed by atoms with Crippen LogP contribution in [0.3, 0.4) is 0 Å². The summed E-state index contributed by atoms with van der Waals surface area (Å²) in [5.41, 5.74) is 7.66. The minimum Gasteiger partial charge on any atom is -0.323 e. The molecule has 2 rings (SSSR count). The van der Waals surface area contributed by atoms with Crippen molar-refractivity contribution in [3.63, 3.8) is 0 Å². The maximum absolute atomic E-state index is 11.7. The van der Waals surface area contributed by atoms with Crippen LogP contribution >= 0.6 is 0 Å². The topological polar surface area (TPSA) is 75.8 Å². The second-order valence-electron chi connectivity index (χ2n) is 4.17. The Balaban J connectivity index is 2.51. The highest BCUT2D eigenvalue weighted by Gasteiger charge is 2.25. The summed E-state index contributed by atoms with van der Waals surface area (Å²) in [4.78, 5) is 11.7. The lowest BCUT2D eigenvalue weighted by atomic mass is 10.0. The van der Waals surface area contributed by atoms with E-state index in [0.29, 0.717) is 12.6 Å². The molecule has 2 heterocycles. The van der Waals surface area contributed by atoms with Gasteiger partial charge in [-0.1, -0.05) is 6.92 Å². The van der Waals surface area contributed by atoms with E-state index in [0.717, 1.165) is 24.2 Å². The molecule has 0 radical (unpaired) electrons. The van der Waals surface area contributed by atoms with E-state index in [1.165, 1.54) is 0 Å². The second-order valence-corrected chi connectivity index (χ2v) is 4.17. The predicted octanol–water partition coefficient (Wildman–Crippen LogP) is 0.250. The third-order valence-electron chi connectivity index (χ3n) is 3.13. The predicted molar refractivity (Wildman–Crippen MR) is 58.7 cm³/mol. The third-order valence-corrected chi connectivity index (χ3v) is 3.13. The number of aromatic nitrogens is 2. The molecular weight excluding hydrogens is 192 g/mol. The van der Waals surface area contributed by atoms with Crippen molar-refractivity contribution in [2.75, 3.05) is 6.54 Å². The Hall–Kier alpha value is -1.07. The summed E-state index contributed by atoms with van der Waals surface area (Å²) in [6, 6.07) is 0.136. The van der Waals surface area contributed by atoms with Crippen molar-refractivity contribution < 1.29 is 0 Å². The Labute approximate surface area is 88.6 Å². The molecule has 0 amide bonds. The molecular formula is C10H18N4O. The standard InChI is InChI=1S/C10H18N4O/c1-3-6(2)14-8-5-12-4-7(11)9(8)10(15)13-14/h6-7,12H,3-5,11H2,1-2H3,(H,13,15). The molecule has 2 unspecified atom stereocenters. The second kappa shape index (κ2) is 3.83. The Kier molecular flexibility index (Phi) is 2.67. The molecule has 0 aliphatic carbocycles. The summed E-state index contributed by atoms with van der Waals surface area (Å²) in [7, 11) is 0. The summed E-state index contributed by atoms with van der Waals surface area (Å²) >= 11 is 0. The maximum atomic E-state index is 11.7. The van der Waals surface area contributed by atoms with Gasteiger partial charge in [0.2, 0.25) is 0 Å². The molecule has 0 saturated carbocycles. The summed E-state index contributed by atoms with van der Waals surface area (Å²) in [5, 5.41) is 6.10. The average molecular weight is 210 g/mol. The Morgan fingerprint density at radius 2 is 2.40 bits per heavy atom. The zero-order valence-electron chi connectivity index (χ0n) is 9.21. The highest BCUT2D eigenvalue weighted by atomic mass is 16.1. The number of rotatable bonds is 2. The van der Waals surface area contributed by atoms with Gasteiger partial charge in [-0.05, 0) is 13.3 Å². The van der Waals surface area contributed by atoms with E-state index in [9.17, 15) is 4.79 Å². The number of aromatic amines is 1. The van der Waals surface area contributed by atoms with Crippen LogP contribution in [-0.4, -0.2) is 16.3 Å². The zero-order valence-corrected chi connectivity index (χ0v) is 9.21. The van der Waals surface area contributed by atoms with Crippen molar-refractivity contribution in [2.24, 2.45) is 5.73 Å². The van der Waals surface area contributed by atoms with Gasteiger partial charge < -0.3 is 11.1 Å². The fourth-order valence-electron chi connectivity index (χ4n) is 2.07.